The minimum absolute atomic E-state index is 0.0421. The van der Waals surface area contributed by atoms with Gasteiger partial charge in [-0.25, -0.2) is 0 Å². The molecule has 4 nitrogen and oxygen atoms in total. The highest BCUT2D eigenvalue weighted by Gasteiger charge is 2.39. The fraction of sp³-hybridized carbons (Fsp3) is 0.733. The van der Waals surface area contributed by atoms with Crippen LogP contribution in [0.2, 0.25) is 0 Å². The van der Waals surface area contributed by atoms with Gasteiger partial charge in [-0.15, -0.1) is 6.58 Å². The number of carbonyl (C=O) groups is 2. The Bertz CT molecular complexity index is 338. The van der Waals surface area contributed by atoms with E-state index in [0.29, 0.717) is 19.4 Å². The van der Waals surface area contributed by atoms with Crippen molar-refractivity contribution in [2.45, 2.75) is 59.4 Å². The Morgan fingerprint density at radius 1 is 1.21 bits per heavy atom. The normalized spacial score (nSPS) is 12.1. The van der Waals surface area contributed by atoms with Crippen LogP contribution in [0.1, 0.15) is 53.9 Å². The van der Waals surface area contributed by atoms with Crippen molar-refractivity contribution in [3.63, 3.8) is 0 Å². The van der Waals surface area contributed by atoms with Crippen LogP contribution in [-0.4, -0.2) is 34.0 Å². The number of aliphatic carboxylic acids is 1. The van der Waals surface area contributed by atoms with Gasteiger partial charge < -0.3 is 10.0 Å². The molecule has 0 aromatic carbocycles. The fourth-order valence-electron chi connectivity index (χ4n) is 2.14. The molecule has 0 heterocycles. The first-order chi connectivity index (χ1) is 8.64. The first-order valence-corrected chi connectivity index (χ1v) is 6.79. The van der Waals surface area contributed by atoms with Crippen molar-refractivity contribution in [1.29, 1.82) is 0 Å². The second kappa shape index (κ2) is 6.73. The molecule has 0 aliphatic heterocycles. The molecule has 1 amide bonds. The molecule has 1 N–H and O–H groups in total. The molecule has 0 saturated heterocycles. The maximum Gasteiger partial charge on any atom is 0.310 e. The molecule has 0 atom stereocenters. The van der Waals surface area contributed by atoms with Gasteiger partial charge in [-0.05, 0) is 33.6 Å². The minimum Gasteiger partial charge on any atom is -0.481 e. The van der Waals surface area contributed by atoms with Gasteiger partial charge in [-0.2, -0.15) is 0 Å². The highest BCUT2D eigenvalue weighted by Crippen LogP contribution is 2.32. The van der Waals surface area contributed by atoms with E-state index in [1.54, 1.807) is 11.0 Å². The average Bonchev–Trinajstić information content (AvgIpc) is 2.30. The van der Waals surface area contributed by atoms with Crippen molar-refractivity contribution in [2.75, 3.05) is 6.54 Å². The summed E-state index contributed by atoms with van der Waals surface area (Å²) in [5.74, 6) is -1.02. The van der Waals surface area contributed by atoms with Crippen molar-refractivity contribution < 1.29 is 14.7 Å². The Labute approximate surface area is 116 Å². The van der Waals surface area contributed by atoms with Gasteiger partial charge in [0.1, 0.15) is 0 Å². The summed E-state index contributed by atoms with van der Waals surface area (Å²) in [4.78, 5) is 25.6. The van der Waals surface area contributed by atoms with E-state index in [0.717, 1.165) is 0 Å². The van der Waals surface area contributed by atoms with E-state index in [4.69, 9.17) is 0 Å². The Kier molecular flexibility index (Phi) is 6.27. The lowest BCUT2D eigenvalue weighted by Crippen LogP contribution is -2.48. The maximum atomic E-state index is 12.4. The summed E-state index contributed by atoms with van der Waals surface area (Å²) in [6.07, 6.45) is 2.62. The number of carboxylic acids is 1. The molecule has 0 aromatic heterocycles. The first kappa shape index (κ1) is 17.7. The number of amides is 1. The molecule has 0 saturated carbocycles. The lowest BCUT2D eigenvalue weighted by atomic mass is 9.78. The van der Waals surface area contributed by atoms with E-state index >= 15 is 0 Å². The first-order valence-electron chi connectivity index (χ1n) is 6.79. The Morgan fingerprint density at radius 3 is 1.95 bits per heavy atom. The molecule has 0 rings (SSSR count). The zero-order valence-corrected chi connectivity index (χ0v) is 12.8. The zero-order valence-electron chi connectivity index (χ0n) is 12.8. The van der Waals surface area contributed by atoms with Crippen molar-refractivity contribution in [2.24, 2.45) is 5.41 Å². The van der Waals surface area contributed by atoms with Crippen LogP contribution in [0.5, 0.6) is 0 Å². The van der Waals surface area contributed by atoms with E-state index in [1.807, 2.05) is 34.6 Å². The molecule has 0 radical (unpaired) electrons. The van der Waals surface area contributed by atoms with E-state index in [1.165, 1.54) is 0 Å². The van der Waals surface area contributed by atoms with Crippen molar-refractivity contribution in [3.8, 4) is 0 Å². The Balaban J connectivity index is 5.18. The summed E-state index contributed by atoms with van der Waals surface area (Å²) in [7, 11) is 0. The van der Waals surface area contributed by atoms with Crippen LogP contribution < -0.4 is 0 Å². The van der Waals surface area contributed by atoms with Crippen LogP contribution in [-0.2, 0) is 9.59 Å². The third-order valence-corrected chi connectivity index (χ3v) is 3.72. The van der Waals surface area contributed by atoms with Crippen LogP contribution in [0.3, 0.4) is 0 Å². The highest BCUT2D eigenvalue weighted by molar-refractivity contribution is 5.85. The van der Waals surface area contributed by atoms with Crippen LogP contribution in [0.4, 0.5) is 0 Å². The molecule has 19 heavy (non-hydrogen) atoms. The number of nitrogens with zero attached hydrogens (tertiary/aromatic N) is 1. The SMILES string of the molecule is C=CCN(C(=O)CC(CC)(CC)C(=O)O)C(C)(C)C. The summed E-state index contributed by atoms with van der Waals surface area (Å²) < 4.78 is 0. The molecule has 4 heteroatoms. The second-order valence-electron chi connectivity index (χ2n) is 5.93. The summed E-state index contributed by atoms with van der Waals surface area (Å²) in [5.41, 5.74) is -1.29. The molecule has 0 spiro atoms. The summed E-state index contributed by atoms with van der Waals surface area (Å²) in [5, 5.41) is 9.40. The highest BCUT2D eigenvalue weighted by atomic mass is 16.4. The molecule has 0 aromatic rings. The van der Waals surface area contributed by atoms with Gasteiger partial charge in [-0.3, -0.25) is 9.59 Å². The molecule has 110 valence electrons. The van der Waals surface area contributed by atoms with E-state index in [-0.39, 0.29) is 17.9 Å². The van der Waals surface area contributed by atoms with Crippen molar-refractivity contribution in [1.82, 2.24) is 4.90 Å². The summed E-state index contributed by atoms with van der Waals surface area (Å²) in [6.45, 7) is 13.6. The molecule has 0 aliphatic carbocycles. The quantitative estimate of drug-likeness (QED) is 0.723. The zero-order chi connectivity index (χ0) is 15.3. The van der Waals surface area contributed by atoms with Gasteiger partial charge in [0.25, 0.3) is 0 Å². The van der Waals surface area contributed by atoms with Gasteiger partial charge in [0.05, 0.1) is 5.41 Å². The third kappa shape index (κ3) is 4.37. The van der Waals surface area contributed by atoms with Gasteiger partial charge in [0, 0.05) is 18.5 Å². The maximum absolute atomic E-state index is 12.4. The Morgan fingerprint density at radius 2 is 1.68 bits per heavy atom. The Hall–Kier alpha value is -1.32. The molecular formula is C15H27NO3. The number of hydrogen-bond acceptors (Lipinski definition) is 2. The van der Waals surface area contributed by atoms with Crippen molar-refractivity contribution in [3.05, 3.63) is 12.7 Å². The molecule has 0 bridgehead atoms. The van der Waals surface area contributed by atoms with Crippen LogP contribution in [0.15, 0.2) is 12.7 Å². The molecule has 0 aliphatic rings. The summed E-state index contributed by atoms with van der Waals surface area (Å²) >= 11 is 0. The van der Waals surface area contributed by atoms with Crippen LogP contribution in [0.25, 0.3) is 0 Å². The third-order valence-electron chi connectivity index (χ3n) is 3.72. The predicted octanol–water partition coefficient (Wildman–Crippen LogP) is 3.08. The predicted molar refractivity (Wildman–Crippen MR) is 76.9 cm³/mol. The van der Waals surface area contributed by atoms with Gasteiger partial charge >= 0.3 is 5.97 Å². The minimum atomic E-state index is -0.957. The molecule has 0 fully saturated rings. The average molecular weight is 269 g/mol. The van der Waals surface area contributed by atoms with Crippen LogP contribution >= 0.6 is 0 Å². The molecular weight excluding hydrogens is 242 g/mol. The smallest absolute Gasteiger partial charge is 0.310 e. The monoisotopic (exact) mass is 269 g/mol. The number of carbonyl (C=O) groups excluding carboxylic acids is 1. The topological polar surface area (TPSA) is 57.6 Å². The molecule has 0 unspecified atom stereocenters. The van der Waals surface area contributed by atoms with Crippen molar-refractivity contribution >= 4 is 11.9 Å². The number of carboxylic acid groups (broad SMARTS) is 1. The van der Waals surface area contributed by atoms with Gasteiger partial charge in [-0.1, -0.05) is 19.9 Å². The lowest BCUT2D eigenvalue weighted by Gasteiger charge is -2.37. The number of rotatable bonds is 7. The van der Waals surface area contributed by atoms with E-state index < -0.39 is 11.4 Å². The fourth-order valence-corrected chi connectivity index (χ4v) is 2.14. The largest absolute Gasteiger partial charge is 0.481 e. The lowest BCUT2D eigenvalue weighted by molar-refractivity contribution is -0.155. The summed E-state index contributed by atoms with van der Waals surface area (Å²) in [6, 6.07) is 0. The van der Waals surface area contributed by atoms with Gasteiger partial charge in [0.15, 0.2) is 0 Å². The standard InChI is InChI=1S/C15H27NO3/c1-7-10-16(14(4,5)6)12(17)11-15(8-2,9-3)13(18)19/h7H,1,8-11H2,2-6H3,(H,18,19). The second-order valence-corrected chi connectivity index (χ2v) is 5.93. The van der Waals surface area contributed by atoms with E-state index in [9.17, 15) is 14.7 Å². The van der Waals surface area contributed by atoms with Crippen LogP contribution in [0, 0.1) is 5.41 Å². The van der Waals surface area contributed by atoms with Gasteiger partial charge in [0.2, 0.25) is 5.91 Å². The number of hydrogen-bond donors (Lipinski definition) is 1. The van der Waals surface area contributed by atoms with E-state index in [2.05, 4.69) is 6.58 Å².